The molecule has 0 aromatic rings. The second-order valence-corrected chi connectivity index (χ2v) is 7.83. The van der Waals surface area contributed by atoms with Crippen LogP contribution in [0.1, 0.15) is 25.7 Å². The van der Waals surface area contributed by atoms with Crippen molar-refractivity contribution >= 4 is 10.0 Å². The van der Waals surface area contributed by atoms with Crippen molar-refractivity contribution in [2.75, 3.05) is 45.6 Å². The fourth-order valence-electron chi connectivity index (χ4n) is 2.92. The molecular formula is C13H26N2O3S. The van der Waals surface area contributed by atoms with E-state index < -0.39 is 10.0 Å². The molecule has 2 unspecified atom stereocenters. The van der Waals surface area contributed by atoms with Gasteiger partial charge in [0.05, 0.1) is 12.9 Å². The zero-order valence-electron chi connectivity index (χ0n) is 11.8. The summed E-state index contributed by atoms with van der Waals surface area (Å²) >= 11 is 0. The van der Waals surface area contributed by atoms with Crippen LogP contribution in [0.4, 0.5) is 0 Å². The highest BCUT2D eigenvalue weighted by Gasteiger charge is 2.25. The van der Waals surface area contributed by atoms with Gasteiger partial charge in [-0.05, 0) is 50.6 Å². The molecule has 2 aliphatic rings. The van der Waals surface area contributed by atoms with Crippen LogP contribution < -0.4 is 5.32 Å². The van der Waals surface area contributed by atoms with Gasteiger partial charge in [0.15, 0.2) is 0 Å². The zero-order chi connectivity index (χ0) is 13.7. The quantitative estimate of drug-likeness (QED) is 0.731. The van der Waals surface area contributed by atoms with Crippen molar-refractivity contribution in [3.8, 4) is 0 Å². The third kappa shape index (κ3) is 5.02. The van der Waals surface area contributed by atoms with Gasteiger partial charge in [0, 0.05) is 19.7 Å². The first-order chi connectivity index (χ1) is 9.05. The van der Waals surface area contributed by atoms with Gasteiger partial charge in [-0.15, -0.1) is 0 Å². The molecule has 2 aliphatic heterocycles. The topological polar surface area (TPSA) is 58.6 Å². The van der Waals surface area contributed by atoms with E-state index in [-0.39, 0.29) is 0 Å². The van der Waals surface area contributed by atoms with Crippen molar-refractivity contribution in [3.05, 3.63) is 0 Å². The molecule has 0 aliphatic carbocycles. The summed E-state index contributed by atoms with van der Waals surface area (Å²) in [7, 11) is -3.03. The summed E-state index contributed by atoms with van der Waals surface area (Å²) in [5.74, 6) is 1.13. The number of nitrogens with one attached hydrogen (secondary N) is 1. The summed E-state index contributed by atoms with van der Waals surface area (Å²) in [6.45, 7) is 5.06. The fourth-order valence-corrected chi connectivity index (χ4v) is 3.87. The predicted octanol–water partition coefficient (Wildman–Crippen LogP) is 0.674. The second-order valence-electron chi connectivity index (χ2n) is 5.85. The van der Waals surface area contributed by atoms with E-state index >= 15 is 0 Å². The monoisotopic (exact) mass is 290 g/mol. The van der Waals surface area contributed by atoms with Crippen LogP contribution in [0.25, 0.3) is 0 Å². The van der Waals surface area contributed by atoms with Gasteiger partial charge in [-0.2, -0.15) is 0 Å². The summed E-state index contributed by atoms with van der Waals surface area (Å²) in [4.78, 5) is 0. The zero-order valence-corrected chi connectivity index (χ0v) is 12.6. The molecule has 2 rings (SSSR count). The summed E-state index contributed by atoms with van der Waals surface area (Å²) < 4.78 is 30.4. The molecule has 0 radical (unpaired) electrons. The molecule has 0 spiro atoms. The van der Waals surface area contributed by atoms with Gasteiger partial charge < -0.3 is 10.1 Å². The number of rotatable bonds is 6. The standard InChI is InChI=1S/C13H26N2O3S/c1-19(16,17)15-7-2-3-13(10-15)11-18-8-5-12-4-6-14-9-12/h12-14H,2-11H2,1H3. The first kappa shape index (κ1) is 15.2. The van der Waals surface area contributed by atoms with E-state index in [0.29, 0.717) is 25.6 Å². The van der Waals surface area contributed by atoms with Crippen LogP contribution in [0.2, 0.25) is 0 Å². The molecule has 2 fully saturated rings. The Bertz CT molecular complexity index is 366. The van der Waals surface area contributed by atoms with Crippen molar-refractivity contribution in [2.24, 2.45) is 11.8 Å². The van der Waals surface area contributed by atoms with E-state index in [9.17, 15) is 8.42 Å². The van der Waals surface area contributed by atoms with Gasteiger partial charge in [-0.3, -0.25) is 0 Å². The van der Waals surface area contributed by atoms with E-state index in [1.54, 1.807) is 4.31 Å². The van der Waals surface area contributed by atoms with Crippen molar-refractivity contribution in [1.29, 1.82) is 0 Å². The van der Waals surface area contributed by atoms with Gasteiger partial charge >= 0.3 is 0 Å². The Hall–Kier alpha value is -0.170. The Balaban J connectivity index is 1.62. The molecule has 19 heavy (non-hydrogen) atoms. The Labute approximate surface area is 116 Å². The Morgan fingerprint density at radius 1 is 1.32 bits per heavy atom. The van der Waals surface area contributed by atoms with Crippen LogP contribution in [0.5, 0.6) is 0 Å². The molecule has 2 saturated heterocycles. The summed E-state index contributed by atoms with van der Waals surface area (Å²) in [5, 5.41) is 3.36. The fraction of sp³-hybridized carbons (Fsp3) is 1.00. The van der Waals surface area contributed by atoms with Crippen molar-refractivity contribution in [3.63, 3.8) is 0 Å². The summed E-state index contributed by atoms with van der Waals surface area (Å²) in [6, 6.07) is 0. The molecule has 0 aromatic carbocycles. The maximum Gasteiger partial charge on any atom is 0.211 e. The highest BCUT2D eigenvalue weighted by atomic mass is 32.2. The molecule has 0 amide bonds. The minimum absolute atomic E-state index is 0.366. The number of ether oxygens (including phenoxy) is 1. The van der Waals surface area contributed by atoms with E-state index in [1.165, 1.54) is 12.7 Å². The van der Waals surface area contributed by atoms with Crippen LogP contribution in [-0.2, 0) is 14.8 Å². The first-order valence-corrected chi connectivity index (χ1v) is 9.14. The van der Waals surface area contributed by atoms with Gasteiger partial charge in [0.2, 0.25) is 10.0 Å². The molecule has 0 aromatic heterocycles. The van der Waals surface area contributed by atoms with E-state index in [0.717, 1.165) is 44.9 Å². The number of piperidine rings is 1. The van der Waals surface area contributed by atoms with Crippen LogP contribution >= 0.6 is 0 Å². The number of sulfonamides is 1. The molecule has 112 valence electrons. The average Bonchev–Trinajstić information content (AvgIpc) is 2.87. The van der Waals surface area contributed by atoms with Gasteiger partial charge in [0.25, 0.3) is 0 Å². The lowest BCUT2D eigenvalue weighted by molar-refractivity contribution is 0.0706. The van der Waals surface area contributed by atoms with Crippen molar-refractivity contribution < 1.29 is 13.2 Å². The third-order valence-electron chi connectivity index (χ3n) is 4.14. The summed E-state index contributed by atoms with van der Waals surface area (Å²) in [5.41, 5.74) is 0. The molecule has 2 atom stereocenters. The lowest BCUT2D eigenvalue weighted by Crippen LogP contribution is -2.40. The highest BCUT2D eigenvalue weighted by molar-refractivity contribution is 7.88. The number of hydrogen-bond donors (Lipinski definition) is 1. The van der Waals surface area contributed by atoms with Gasteiger partial charge in [0.1, 0.15) is 0 Å². The van der Waals surface area contributed by atoms with E-state index in [4.69, 9.17) is 4.74 Å². The highest BCUT2D eigenvalue weighted by Crippen LogP contribution is 2.19. The lowest BCUT2D eigenvalue weighted by Gasteiger charge is -2.30. The lowest BCUT2D eigenvalue weighted by atomic mass is 10.0. The van der Waals surface area contributed by atoms with E-state index in [2.05, 4.69) is 5.32 Å². The minimum Gasteiger partial charge on any atom is -0.381 e. The normalized spacial score (nSPS) is 29.7. The molecule has 5 nitrogen and oxygen atoms in total. The minimum atomic E-state index is -3.03. The molecule has 1 N–H and O–H groups in total. The van der Waals surface area contributed by atoms with Crippen LogP contribution in [-0.4, -0.2) is 58.4 Å². The first-order valence-electron chi connectivity index (χ1n) is 7.29. The second kappa shape index (κ2) is 7.02. The molecule has 0 bridgehead atoms. The Morgan fingerprint density at radius 3 is 2.84 bits per heavy atom. The molecular weight excluding hydrogens is 264 g/mol. The SMILES string of the molecule is CS(=O)(=O)N1CCCC(COCCC2CCNC2)C1. The predicted molar refractivity (Wildman–Crippen MR) is 75.6 cm³/mol. The molecule has 0 saturated carbocycles. The van der Waals surface area contributed by atoms with Crippen molar-refractivity contribution in [2.45, 2.75) is 25.7 Å². The maximum atomic E-state index is 11.5. The van der Waals surface area contributed by atoms with Crippen molar-refractivity contribution in [1.82, 2.24) is 9.62 Å². The van der Waals surface area contributed by atoms with Crippen LogP contribution in [0.15, 0.2) is 0 Å². The number of nitrogens with zero attached hydrogens (tertiary/aromatic N) is 1. The average molecular weight is 290 g/mol. The van der Waals surface area contributed by atoms with Gasteiger partial charge in [-0.25, -0.2) is 12.7 Å². The molecule has 6 heteroatoms. The largest absolute Gasteiger partial charge is 0.381 e. The molecule has 2 heterocycles. The smallest absolute Gasteiger partial charge is 0.211 e. The van der Waals surface area contributed by atoms with E-state index in [1.807, 2.05) is 0 Å². The third-order valence-corrected chi connectivity index (χ3v) is 5.41. The number of hydrogen-bond acceptors (Lipinski definition) is 4. The van der Waals surface area contributed by atoms with Crippen LogP contribution in [0, 0.1) is 11.8 Å². The Kier molecular flexibility index (Phi) is 5.62. The van der Waals surface area contributed by atoms with Gasteiger partial charge in [-0.1, -0.05) is 0 Å². The summed E-state index contributed by atoms with van der Waals surface area (Å²) in [6.07, 6.45) is 5.71. The maximum absolute atomic E-state index is 11.5. The van der Waals surface area contributed by atoms with Crippen LogP contribution in [0.3, 0.4) is 0 Å². The Morgan fingerprint density at radius 2 is 2.16 bits per heavy atom.